The number of hydrogen-bond donors (Lipinski definition) is 1. The molecule has 1 aromatic carbocycles. The lowest BCUT2D eigenvalue weighted by atomic mass is 9.72. The van der Waals surface area contributed by atoms with Crippen LogP contribution in [-0.2, 0) is 0 Å². The highest BCUT2D eigenvalue weighted by Crippen LogP contribution is 2.40. The van der Waals surface area contributed by atoms with Crippen LogP contribution in [0.1, 0.15) is 61.5 Å². The molecule has 0 fully saturated rings. The first kappa shape index (κ1) is 20.3. The maximum Gasteiger partial charge on any atom is 0.265 e. The van der Waals surface area contributed by atoms with Gasteiger partial charge in [-0.2, -0.15) is 0 Å². The highest BCUT2D eigenvalue weighted by Gasteiger charge is 2.26. The Morgan fingerprint density at radius 2 is 1.89 bits per heavy atom. The molecule has 0 atom stereocenters. The molecule has 1 amide bonds. The molecule has 1 aromatic heterocycles. The van der Waals surface area contributed by atoms with Crippen LogP contribution in [0.2, 0.25) is 0 Å². The molecule has 146 valence electrons. The van der Waals surface area contributed by atoms with Crippen molar-refractivity contribution in [2.45, 2.75) is 47.0 Å². The SMILES string of the molecule is CC(C=CC1=C(C)CCCC1(C)C)=Cc1ccc(C(=O)Nc2ccccc2)s1. The van der Waals surface area contributed by atoms with E-state index in [-0.39, 0.29) is 11.3 Å². The van der Waals surface area contributed by atoms with Gasteiger partial charge in [-0.3, -0.25) is 4.79 Å². The number of anilines is 1. The molecule has 2 aromatic rings. The second kappa shape index (κ2) is 8.74. The van der Waals surface area contributed by atoms with Crippen molar-refractivity contribution in [1.29, 1.82) is 0 Å². The van der Waals surface area contributed by atoms with Crippen molar-refractivity contribution in [3.63, 3.8) is 0 Å². The first-order valence-corrected chi connectivity index (χ1v) is 10.7. The van der Waals surface area contributed by atoms with Crippen LogP contribution in [0.3, 0.4) is 0 Å². The Balaban J connectivity index is 1.69. The smallest absolute Gasteiger partial charge is 0.265 e. The van der Waals surface area contributed by atoms with Crippen molar-refractivity contribution in [2.24, 2.45) is 5.41 Å². The van der Waals surface area contributed by atoms with Gasteiger partial charge in [0.05, 0.1) is 4.88 Å². The largest absolute Gasteiger partial charge is 0.321 e. The van der Waals surface area contributed by atoms with Crippen molar-refractivity contribution in [1.82, 2.24) is 0 Å². The summed E-state index contributed by atoms with van der Waals surface area (Å²) in [4.78, 5) is 14.2. The fraction of sp³-hybridized carbons (Fsp3) is 0.320. The molecule has 2 nitrogen and oxygen atoms in total. The molecule has 0 unspecified atom stereocenters. The normalized spacial score (nSPS) is 17.2. The summed E-state index contributed by atoms with van der Waals surface area (Å²) in [6.45, 7) is 9.05. The average Bonchev–Trinajstić information content (AvgIpc) is 3.10. The van der Waals surface area contributed by atoms with Gasteiger partial charge in [-0.1, -0.05) is 49.8 Å². The van der Waals surface area contributed by atoms with Crippen LogP contribution in [0.4, 0.5) is 5.69 Å². The number of rotatable bonds is 5. The molecule has 3 rings (SSSR count). The Bertz CT molecular complexity index is 928. The first-order chi connectivity index (χ1) is 13.3. The predicted octanol–water partition coefficient (Wildman–Crippen LogP) is 7.49. The van der Waals surface area contributed by atoms with E-state index in [9.17, 15) is 4.79 Å². The first-order valence-electron chi connectivity index (χ1n) is 9.88. The average molecular weight is 392 g/mol. The standard InChI is InChI=1S/C25H29NOS/c1-18(12-14-22-19(2)9-8-16-25(22,3)4)17-21-13-15-23(28-21)24(27)26-20-10-6-5-7-11-20/h5-7,10-15,17H,8-9,16H2,1-4H3,(H,26,27). The molecule has 0 saturated heterocycles. The quantitative estimate of drug-likeness (QED) is 0.526. The molecule has 0 bridgehead atoms. The molecule has 1 N–H and O–H groups in total. The summed E-state index contributed by atoms with van der Waals surface area (Å²) < 4.78 is 0. The van der Waals surface area contributed by atoms with Crippen molar-refractivity contribution in [3.05, 3.63) is 81.1 Å². The molecule has 3 heteroatoms. The van der Waals surface area contributed by atoms with E-state index in [2.05, 4.69) is 51.2 Å². The van der Waals surface area contributed by atoms with E-state index in [1.165, 1.54) is 47.3 Å². The van der Waals surface area contributed by atoms with Crippen LogP contribution in [0, 0.1) is 5.41 Å². The van der Waals surface area contributed by atoms with Crippen LogP contribution < -0.4 is 5.32 Å². The lowest BCUT2D eigenvalue weighted by Crippen LogP contribution is -2.19. The van der Waals surface area contributed by atoms with Crippen molar-refractivity contribution < 1.29 is 4.79 Å². The Labute approximate surface area is 172 Å². The van der Waals surface area contributed by atoms with E-state index in [0.717, 1.165) is 15.4 Å². The summed E-state index contributed by atoms with van der Waals surface area (Å²) >= 11 is 1.52. The fourth-order valence-corrected chi connectivity index (χ4v) is 4.68. The Kier molecular flexibility index (Phi) is 6.35. The summed E-state index contributed by atoms with van der Waals surface area (Å²) in [7, 11) is 0. The van der Waals surface area contributed by atoms with Crippen molar-refractivity contribution in [3.8, 4) is 0 Å². The summed E-state index contributed by atoms with van der Waals surface area (Å²) in [5, 5.41) is 2.94. The third kappa shape index (κ3) is 5.11. The molecule has 1 aliphatic carbocycles. The third-order valence-electron chi connectivity index (χ3n) is 5.31. The van der Waals surface area contributed by atoms with Crippen LogP contribution >= 0.6 is 11.3 Å². The topological polar surface area (TPSA) is 29.1 Å². The molecule has 0 aliphatic heterocycles. The van der Waals surface area contributed by atoms with E-state index in [0.29, 0.717) is 0 Å². The molecular weight excluding hydrogens is 362 g/mol. The van der Waals surface area contributed by atoms with Crippen LogP contribution in [0.25, 0.3) is 6.08 Å². The van der Waals surface area contributed by atoms with Gasteiger partial charge in [0.2, 0.25) is 0 Å². The van der Waals surface area contributed by atoms with Gasteiger partial charge in [0, 0.05) is 10.6 Å². The number of allylic oxidation sites excluding steroid dienone is 5. The maximum absolute atomic E-state index is 12.4. The number of carbonyl (C=O) groups excluding carboxylic acids is 1. The van der Waals surface area contributed by atoms with Gasteiger partial charge in [-0.15, -0.1) is 11.3 Å². The number of amides is 1. The highest BCUT2D eigenvalue weighted by molar-refractivity contribution is 7.15. The van der Waals surface area contributed by atoms with Crippen LogP contribution in [-0.4, -0.2) is 5.91 Å². The van der Waals surface area contributed by atoms with E-state index in [4.69, 9.17) is 0 Å². The predicted molar refractivity (Wildman–Crippen MR) is 122 cm³/mol. The number of carbonyl (C=O) groups is 1. The molecule has 0 saturated carbocycles. The molecular formula is C25H29NOS. The van der Waals surface area contributed by atoms with Gasteiger partial charge in [0.1, 0.15) is 0 Å². The van der Waals surface area contributed by atoms with E-state index in [1.54, 1.807) is 0 Å². The summed E-state index contributed by atoms with van der Waals surface area (Å²) in [6.07, 6.45) is 10.4. The lowest BCUT2D eigenvalue weighted by molar-refractivity contribution is 0.103. The second-order valence-electron chi connectivity index (χ2n) is 8.18. The van der Waals surface area contributed by atoms with E-state index < -0.39 is 0 Å². The zero-order valence-corrected chi connectivity index (χ0v) is 18.0. The Hall–Kier alpha value is -2.39. The Morgan fingerprint density at radius 3 is 2.61 bits per heavy atom. The third-order valence-corrected chi connectivity index (χ3v) is 6.34. The number of para-hydroxylation sites is 1. The zero-order valence-electron chi connectivity index (χ0n) is 17.2. The summed E-state index contributed by atoms with van der Waals surface area (Å²) in [5.74, 6) is -0.0613. The number of thiophene rings is 1. The van der Waals surface area contributed by atoms with Crippen molar-refractivity contribution >= 4 is 29.0 Å². The summed E-state index contributed by atoms with van der Waals surface area (Å²) in [6, 6.07) is 13.5. The fourth-order valence-electron chi connectivity index (χ4n) is 3.76. The zero-order chi connectivity index (χ0) is 20.1. The van der Waals surface area contributed by atoms with Gasteiger partial charge in [0.15, 0.2) is 0 Å². The highest BCUT2D eigenvalue weighted by atomic mass is 32.1. The molecule has 0 spiro atoms. The molecule has 1 heterocycles. The Morgan fingerprint density at radius 1 is 1.14 bits per heavy atom. The number of benzene rings is 1. The van der Waals surface area contributed by atoms with E-state index >= 15 is 0 Å². The van der Waals surface area contributed by atoms with Gasteiger partial charge in [0.25, 0.3) is 5.91 Å². The lowest BCUT2D eigenvalue weighted by Gasteiger charge is -2.32. The van der Waals surface area contributed by atoms with Gasteiger partial charge >= 0.3 is 0 Å². The van der Waals surface area contributed by atoms with Crippen LogP contribution in [0.5, 0.6) is 0 Å². The second-order valence-corrected chi connectivity index (χ2v) is 9.29. The minimum atomic E-state index is -0.0613. The minimum Gasteiger partial charge on any atom is -0.321 e. The van der Waals surface area contributed by atoms with Crippen LogP contribution in [0.15, 0.2) is 71.3 Å². The number of hydrogen-bond acceptors (Lipinski definition) is 2. The molecule has 1 aliphatic rings. The molecule has 0 radical (unpaired) electrons. The van der Waals surface area contributed by atoms with E-state index in [1.807, 2.05) is 42.5 Å². The maximum atomic E-state index is 12.4. The van der Waals surface area contributed by atoms with Gasteiger partial charge in [-0.25, -0.2) is 0 Å². The summed E-state index contributed by atoms with van der Waals surface area (Å²) in [5.41, 5.74) is 5.25. The van der Waals surface area contributed by atoms with Gasteiger partial charge < -0.3 is 5.32 Å². The minimum absolute atomic E-state index is 0.0613. The molecule has 28 heavy (non-hydrogen) atoms. The van der Waals surface area contributed by atoms with Crippen molar-refractivity contribution in [2.75, 3.05) is 5.32 Å². The monoisotopic (exact) mass is 391 g/mol. The van der Waals surface area contributed by atoms with Gasteiger partial charge in [-0.05, 0) is 80.0 Å². The number of nitrogens with one attached hydrogen (secondary N) is 1.